The zero-order valence-electron chi connectivity index (χ0n) is 18.8. The maximum Gasteiger partial charge on any atom is 0.167 e. The van der Waals surface area contributed by atoms with Crippen molar-refractivity contribution in [1.29, 1.82) is 0 Å². The summed E-state index contributed by atoms with van der Waals surface area (Å²) in [6, 6.07) is 22.2. The van der Waals surface area contributed by atoms with Gasteiger partial charge < -0.3 is 14.5 Å². The van der Waals surface area contributed by atoms with E-state index < -0.39 is 0 Å². The van der Waals surface area contributed by atoms with Gasteiger partial charge in [-0.25, -0.2) is 9.97 Å². The summed E-state index contributed by atoms with van der Waals surface area (Å²) >= 11 is 0. The smallest absolute Gasteiger partial charge is 0.167 e. The quantitative estimate of drug-likeness (QED) is 0.352. The minimum absolute atomic E-state index is 0.127. The van der Waals surface area contributed by atoms with Gasteiger partial charge in [0.1, 0.15) is 5.82 Å². The van der Waals surface area contributed by atoms with E-state index in [0.717, 1.165) is 52.3 Å². The number of benzene rings is 3. The second-order valence-corrected chi connectivity index (χ2v) is 8.79. The molecule has 6 heteroatoms. The number of rotatable bonds is 6. The number of ketones is 1. The molecule has 3 heterocycles. The van der Waals surface area contributed by atoms with E-state index in [1.807, 2.05) is 65.4 Å². The number of aromatic amines is 1. The van der Waals surface area contributed by atoms with Gasteiger partial charge in [-0.05, 0) is 79.1 Å². The summed E-state index contributed by atoms with van der Waals surface area (Å²) in [7, 11) is 0. The van der Waals surface area contributed by atoms with Crippen molar-refractivity contribution in [3.8, 4) is 17.1 Å². The van der Waals surface area contributed by atoms with Gasteiger partial charge >= 0.3 is 0 Å². The molecule has 0 bridgehead atoms. The molecule has 168 valence electrons. The third-order valence-corrected chi connectivity index (χ3v) is 6.51. The monoisotopic (exact) mass is 447 g/mol. The topological polar surface area (TPSA) is 66.8 Å². The fourth-order valence-electron chi connectivity index (χ4n) is 4.63. The summed E-state index contributed by atoms with van der Waals surface area (Å²) in [6.07, 6.45) is 8.32. The Balaban J connectivity index is 1.18. The van der Waals surface area contributed by atoms with Crippen LogP contribution in [0.15, 0.2) is 85.5 Å². The molecule has 1 N–H and O–H groups in total. The van der Waals surface area contributed by atoms with Gasteiger partial charge in [0.25, 0.3) is 0 Å². The highest BCUT2D eigenvalue weighted by atomic mass is 16.1. The van der Waals surface area contributed by atoms with E-state index >= 15 is 0 Å². The van der Waals surface area contributed by atoms with Crippen molar-refractivity contribution in [1.82, 2.24) is 19.5 Å². The lowest BCUT2D eigenvalue weighted by molar-refractivity contribution is 0.0993. The molecule has 0 amide bonds. The molecule has 6 nitrogen and oxygen atoms in total. The summed E-state index contributed by atoms with van der Waals surface area (Å²) in [5.74, 6) is 0.940. The third-order valence-electron chi connectivity index (χ3n) is 6.51. The molecule has 1 aliphatic heterocycles. The van der Waals surface area contributed by atoms with Crippen molar-refractivity contribution in [2.24, 2.45) is 0 Å². The van der Waals surface area contributed by atoms with Crippen LogP contribution >= 0.6 is 0 Å². The highest BCUT2D eigenvalue weighted by molar-refractivity contribution is 5.98. The Kier molecular flexibility index (Phi) is 5.18. The largest absolute Gasteiger partial charge is 0.372 e. The summed E-state index contributed by atoms with van der Waals surface area (Å²) in [5, 5.41) is 0. The number of nitrogens with one attached hydrogen (secondary N) is 1. The first-order valence-corrected chi connectivity index (χ1v) is 11.7. The van der Waals surface area contributed by atoms with E-state index in [-0.39, 0.29) is 5.78 Å². The second-order valence-electron chi connectivity index (χ2n) is 8.79. The Labute approximate surface area is 197 Å². The number of anilines is 1. The molecule has 0 spiro atoms. The average molecular weight is 448 g/mol. The van der Waals surface area contributed by atoms with Gasteiger partial charge in [-0.1, -0.05) is 6.07 Å². The predicted octanol–water partition coefficient (Wildman–Crippen LogP) is 5.44. The van der Waals surface area contributed by atoms with Gasteiger partial charge in [0, 0.05) is 54.4 Å². The highest BCUT2D eigenvalue weighted by Gasteiger charge is 2.14. The Morgan fingerprint density at radius 2 is 1.68 bits per heavy atom. The Morgan fingerprint density at radius 1 is 0.912 bits per heavy atom. The van der Waals surface area contributed by atoms with Crippen LogP contribution in [0.1, 0.15) is 28.8 Å². The van der Waals surface area contributed by atoms with Crippen LogP contribution in [-0.2, 0) is 6.42 Å². The minimum Gasteiger partial charge on any atom is -0.372 e. The number of hydrogen-bond donors (Lipinski definition) is 1. The maximum absolute atomic E-state index is 12.9. The van der Waals surface area contributed by atoms with Crippen LogP contribution < -0.4 is 4.90 Å². The summed E-state index contributed by atoms with van der Waals surface area (Å²) in [4.78, 5) is 27.5. The van der Waals surface area contributed by atoms with Gasteiger partial charge in [-0.3, -0.25) is 4.79 Å². The number of aromatic nitrogens is 4. The SMILES string of the molecule is O=C(Cc1ccc2nc(-c3ccc(-n4ccnc4)cc3)[nH]c2c1)c1ccc(N2CCCC2)cc1. The molecule has 1 fully saturated rings. The summed E-state index contributed by atoms with van der Waals surface area (Å²) < 4.78 is 1.96. The van der Waals surface area contributed by atoms with Gasteiger partial charge in [-0.2, -0.15) is 0 Å². The standard InChI is InChI=1S/C28H25N5O/c34-27(21-4-8-23(9-5-21)32-14-1-2-15-32)18-20-3-12-25-26(17-20)31-28(30-25)22-6-10-24(11-7-22)33-16-13-29-19-33/h3-13,16-17,19H,1-2,14-15,18H2,(H,30,31). The lowest BCUT2D eigenvalue weighted by Gasteiger charge is -2.17. The Hall–Kier alpha value is -4.19. The van der Waals surface area contributed by atoms with Crippen LogP contribution in [0.4, 0.5) is 5.69 Å². The zero-order valence-corrected chi connectivity index (χ0v) is 18.8. The molecule has 1 aliphatic rings. The number of fused-ring (bicyclic) bond motifs is 1. The van der Waals surface area contributed by atoms with E-state index in [1.165, 1.54) is 18.5 Å². The van der Waals surface area contributed by atoms with E-state index in [0.29, 0.717) is 6.42 Å². The first-order chi connectivity index (χ1) is 16.7. The number of carbonyl (C=O) groups is 1. The van der Waals surface area contributed by atoms with E-state index in [2.05, 4.69) is 27.0 Å². The second kappa shape index (κ2) is 8.63. The molecule has 0 saturated carbocycles. The van der Waals surface area contributed by atoms with E-state index in [9.17, 15) is 4.79 Å². The number of hydrogen-bond acceptors (Lipinski definition) is 4. The van der Waals surface area contributed by atoms with E-state index in [4.69, 9.17) is 4.98 Å². The van der Waals surface area contributed by atoms with E-state index in [1.54, 1.807) is 12.5 Å². The zero-order chi connectivity index (χ0) is 22.9. The molecule has 5 aromatic rings. The number of carbonyl (C=O) groups excluding carboxylic acids is 1. The van der Waals surface area contributed by atoms with Crippen LogP contribution in [0, 0.1) is 0 Å². The number of H-pyrrole nitrogens is 1. The van der Waals surface area contributed by atoms with Gasteiger partial charge in [0.15, 0.2) is 5.78 Å². The summed E-state index contributed by atoms with van der Waals surface area (Å²) in [5.41, 5.74) is 6.82. The van der Waals surface area contributed by atoms with Crippen molar-refractivity contribution in [3.63, 3.8) is 0 Å². The Morgan fingerprint density at radius 3 is 2.41 bits per heavy atom. The number of Topliss-reactive ketones (excluding diaryl/α,β-unsaturated/α-hetero) is 1. The molecule has 0 radical (unpaired) electrons. The van der Waals surface area contributed by atoms with Crippen LogP contribution in [0.3, 0.4) is 0 Å². The van der Waals surface area contributed by atoms with Crippen molar-refractivity contribution >= 4 is 22.5 Å². The molecule has 34 heavy (non-hydrogen) atoms. The van der Waals surface area contributed by atoms with Crippen LogP contribution in [-0.4, -0.2) is 38.4 Å². The van der Waals surface area contributed by atoms with Crippen molar-refractivity contribution in [2.45, 2.75) is 19.3 Å². The molecule has 1 saturated heterocycles. The minimum atomic E-state index is 0.127. The van der Waals surface area contributed by atoms with Crippen LogP contribution in [0.2, 0.25) is 0 Å². The van der Waals surface area contributed by atoms with Crippen molar-refractivity contribution in [2.75, 3.05) is 18.0 Å². The summed E-state index contributed by atoms with van der Waals surface area (Å²) in [6.45, 7) is 2.21. The predicted molar refractivity (Wildman–Crippen MR) is 135 cm³/mol. The molecule has 3 aromatic carbocycles. The van der Waals surface area contributed by atoms with Gasteiger partial charge in [0.05, 0.1) is 17.4 Å². The molecule has 0 aliphatic carbocycles. The first-order valence-electron chi connectivity index (χ1n) is 11.7. The maximum atomic E-state index is 12.9. The first kappa shape index (κ1) is 20.4. The van der Waals surface area contributed by atoms with Crippen LogP contribution in [0.5, 0.6) is 0 Å². The molecule has 0 atom stereocenters. The molecule has 2 aromatic heterocycles. The molecule has 0 unspecified atom stereocenters. The third kappa shape index (κ3) is 3.99. The van der Waals surface area contributed by atoms with Gasteiger partial charge in [-0.15, -0.1) is 0 Å². The lowest BCUT2D eigenvalue weighted by Crippen LogP contribution is -2.17. The molecule has 6 rings (SSSR count). The molecular formula is C28H25N5O. The highest BCUT2D eigenvalue weighted by Crippen LogP contribution is 2.24. The van der Waals surface area contributed by atoms with Crippen molar-refractivity contribution in [3.05, 3.63) is 96.6 Å². The average Bonchev–Trinajstić information content (AvgIpc) is 3.66. The Bertz CT molecular complexity index is 1430. The van der Waals surface area contributed by atoms with Gasteiger partial charge in [0.2, 0.25) is 0 Å². The lowest BCUT2D eigenvalue weighted by atomic mass is 10.0. The fraction of sp³-hybridized carbons (Fsp3) is 0.179. The normalized spacial score (nSPS) is 13.6. The number of nitrogens with zero attached hydrogens (tertiary/aromatic N) is 4. The van der Waals surface area contributed by atoms with Crippen LogP contribution in [0.25, 0.3) is 28.1 Å². The van der Waals surface area contributed by atoms with Crippen molar-refractivity contribution < 1.29 is 4.79 Å². The molecular weight excluding hydrogens is 422 g/mol. The number of imidazole rings is 2. The fourth-order valence-corrected chi connectivity index (χ4v) is 4.63.